The molecule has 0 spiro atoms. The van der Waals surface area contributed by atoms with Gasteiger partial charge in [-0.1, -0.05) is 0 Å². The second kappa shape index (κ2) is 7.98. The smallest absolute Gasteiger partial charge is 0.311 e. The Labute approximate surface area is 152 Å². The van der Waals surface area contributed by atoms with Crippen molar-refractivity contribution in [1.29, 1.82) is 0 Å². The fourth-order valence-corrected chi connectivity index (χ4v) is 2.71. The molecule has 1 N–H and O–H groups in total. The summed E-state index contributed by atoms with van der Waals surface area (Å²) in [6, 6.07) is 6.01. The molecule has 2 amide bonds. The number of nitrogens with one attached hydrogen (secondary N) is 1. The monoisotopic (exact) mass is 378 g/mol. The normalized spacial score (nSPS) is 16.4. The molecule has 0 radical (unpaired) electrons. The molecule has 7 nitrogen and oxygen atoms in total. The van der Waals surface area contributed by atoms with Crippen LogP contribution in [-0.2, 0) is 25.7 Å². The second-order valence-corrected chi connectivity index (χ2v) is 6.03. The summed E-state index contributed by atoms with van der Waals surface area (Å²) in [7, 11) is 0. The summed E-state index contributed by atoms with van der Waals surface area (Å²) in [5.74, 6) is -3.39. The van der Waals surface area contributed by atoms with Gasteiger partial charge in [-0.25, -0.2) is 8.78 Å². The molecule has 1 aromatic heterocycles. The Morgan fingerprint density at radius 2 is 2.11 bits per heavy atom. The maximum atomic E-state index is 13.5. The molecule has 0 saturated carbocycles. The maximum absolute atomic E-state index is 13.5. The highest BCUT2D eigenvalue weighted by Gasteiger charge is 2.35. The van der Waals surface area contributed by atoms with Crippen LogP contribution in [0.5, 0.6) is 0 Å². The van der Waals surface area contributed by atoms with E-state index in [1.807, 2.05) is 0 Å². The van der Waals surface area contributed by atoms with Crippen LogP contribution in [0.1, 0.15) is 12.2 Å². The van der Waals surface area contributed by atoms with Crippen LogP contribution in [-0.4, -0.2) is 35.8 Å². The van der Waals surface area contributed by atoms with Gasteiger partial charge < -0.3 is 19.4 Å². The van der Waals surface area contributed by atoms with Crippen molar-refractivity contribution in [1.82, 2.24) is 4.90 Å². The summed E-state index contributed by atoms with van der Waals surface area (Å²) in [6.07, 6.45) is 1.46. The Balaban J connectivity index is 1.48. The molecule has 2 aromatic rings. The number of nitrogens with zero attached hydrogens (tertiary/aromatic N) is 1. The summed E-state index contributed by atoms with van der Waals surface area (Å²) < 4.78 is 36.6. The molecule has 0 unspecified atom stereocenters. The lowest BCUT2D eigenvalue weighted by Crippen LogP contribution is -2.28. The van der Waals surface area contributed by atoms with Crippen LogP contribution in [0.15, 0.2) is 41.0 Å². The number of benzene rings is 1. The Kier molecular flexibility index (Phi) is 5.49. The van der Waals surface area contributed by atoms with Crippen molar-refractivity contribution in [3.05, 3.63) is 54.0 Å². The molecule has 27 heavy (non-hydrogen) atoms. The molecule has 0 aliphatic carbocycles. The molecule has 142 valence electrons. The summed E-state index contributed by atoms with van der Waals surface area (Å²) in [5, 5.41) is 2.12. The second-order valence-electron chi connectivity index (χ2n) is 6.03. The Bertz CT molecular complexity index is 853. The lowest BCUT2D eigenvalue weighted by molar-refractivity contribution is -0.151. The summed E-state index contributed by atoms with van der Waals surface area (Å²) in [6.45, 7) is -0.273. The van der Waals surface area contributed by atoms with E-state index in [9.17, 15) is 23.2 Å². The molecule has 9 heteroatoms. The van der Waals surface area contributed by atoms with Gasteiger partial charge in [-0.2, -0.15) is 0 Å². The van der Waals surface area contributed by atoms with Crippen LogP contribution >= 0.6 is 0 Å². The third-order valence-electron chi connectivity index (χ3n) is 4.02. The number of halogens is 2. The van der Waals surface area contributed by atoms with Crippen LogP contribution in [0.4, 0.5) is 14.5 Å². The third kappa shape index (κ3) is 4.69. The van der Waals surface area contributed by atoms with Crippen LogP contribution in [0.3, 0.4) is 0 Å². The van der Waals surface area contributed by atoms with E-state index in [-0.39, 0.29) is 31.1 Å². The lowest BCUT2D eigenvalue weighted by atomic mass is 10.1. The number of anilines is 1. The van der Waals surface area contributed by atoms with E-state index in [2.05, 4.69) is 5.32 Å². The fraction of sp³-hybridized carbons (Fsp3) is 0.278. The van der Waals surface area contributed by atoms with E-state index < -0.39 is 36.0 Å². The zero-order valence-corrected chi connectivity index (χ0v) is 14.1. The number of ether oxygens (including phenoxy) is 1. The van der Waals surface area contributed by atoms with Crippen LogP contribution in [0, 0.1) is 17.6 Å². The first-order valence-electron chi connectivity index (χ1n) is 8.14. The van der Waals surface area contributed by atoms with Crippen molar-refractivity contribution in [2.45, 2.75) is 13.0 Å². The predicted molar refractivity (Wildman–Crippen MR) is 88.2 cm³/mol. The standard InChI is InChI=1S/C18H16F2N2O5/c19-12-3-4-14(20)15(7-12)21-16(23)10-27-18(25)11-6-17(24)22(8-11)9-13-2-1-5-26-13/h1-5,7,11H,6,8-10H2,(H,21,23)/t11-/m1/s1. The van der Waals surface area contributed by atoms with E-state index in [1.54, 1.807) is 12.1 Å². The zero-order valence-electron chi connectivity index (χ0n) is 14.1. The van der Waals surface area contributed by atoms with E-state index in [4.69, 9.17) is 9.15 Å². The van der Waals surface area contributed by atoms with Gasteiger partial charge in [0.2, 0.25) is 5.91 Å². The Morgan fingerprint density at radius 3 is 2.85 bits per heavy atom. The first-order chi connectivity index (χ1) is 12.9. The Hall–Kier alpha value is -3.23. The summed E-state index contributed by atoms with van der Waals surface area (Å²) in [4.78, 5) is 37.3. The minimum absolute atomic E-state index is 0.0281. The average molecular weight is 378 g/mol. The topological polar surface area (TPSA) is 88.9 Å². The molecular formula is C18H16F2N2O5. The summed E-state index contributed by atoms with van der Waals surface area (Å²) in [5.41, 5.74) is -0.350. The highest BCUT2D eigenvalue weighted by Crippen LogP contribution is 2.21. The van der Waals surface area contributed by atoms with E-state index in [0.29, 0.717) is 5.76 Å². The molecule has 0 bridgehead atoms. The molecule has 1 saturated heterocycles. The van der Waals surface area contributed by atoms with Gasteiger partial charge in [0, 0.05) is 19.0 Å². The molecule has 2 heterocycles. The van der Waals surface area contributed by atoms with E-state index in [0.717, 1.165) is 18.2 Å². The van der Waals surface area contributed by atoms with Gasteiger partial charge in [-0.05, 0) is 24.3 Å². The number of hydrogen-bond donors (Lipinski definition) is 1. The average Bonchev–Trinajstić information content (AvgIpc) is 3.27. The zero-order chi connectivity index (χ0) is 19.4. The number of carbonyl (C=O) groups is 3. The number of rotatable bonds is 6. The van der Waals surface area contributed by atoms with Crippen molar-refractivity contribution in [2.24, 2.45) is 5.92 Å². The van der Waals surface area contributed by atoms with Gasteiger partial charge in [0.15, 0.2) is 6.61 Å². The maximum Gasteiger partial charge on any atom is 0.311 e. The fourth-order valence-electron chi connectivity index (χ4n) is 2.71. The van der Waals surface area contributed by atoms with Gasteiger partial charge in [-0.15, -0.1) is 0 Å². The molecule has 1 aliphatic heterocycles. The van der Waals surface area contributed by atoms with Crippen molar-refractivity contribution >= 4 is 23.5 Å². The SMILES string of the molecule is O=C(COC(=O)[C@@H]1CC(=O)N(Cc2ccco2)C1)Nc1cc(F)ccc1F. The van der Waals surface area contributed by atoms with Crippen molar-refractivity contribution in [3.63, 3.8) is 0 Å². The van der Waals surface area contributed by atoms with Gasteiger partial charge in [-0.3, -0.25) is 14.4 Å². The summed E-state index contributed by atoms with van der Waals surface area (Å²) >= 11 is 0. The van der Waals surface area contributed by atoms with E-state index >= 15 is 0 Å². The van der Waals surface area contributed by atoms with Gasteiger partial charge in [0.25, 0.3) is 5.91 Å². The minimum Gasteiger partial charge on any atom is -0.467 e. The van der Waals surface area contributed by atoms with Crippen molar-refractivity contribution < 1.29 is 32.3 Å². The van der Waals surface area contributed by atoms with E-state index in [1.165, 1.54) is 11.2 Å². The highest BCUT2D eigenvalue weighted by atomic mass is 19.1. The predicted octanol–water partition coefficient (Wildman–Crippen LogP) is 2.09. The van der Waals surface area contributed by atoms with Gasteiger partial charge in [0.05, 0.1) is 24.4 Å². The molecular weight excluding hydrogens is 362 g/mol. The number of carbonyl (C=O) groups excluding carboxylic acids is 3. The molecule has 1 aliphatic rings. The number of esters is 1. The number of amides is 2. The lowest BCUT2D eigenvalue weighted by Gasteiger charge is -2.14. The molecule has 1 atom stereocenters. The van der Waals surface area contributed by atoms with Gasteiger partial charge >= 0.3 is 5.97 Å². The largest absolute Gasteiger partial charge is 0.467 e. The van der Waals surface area contributed by atoms with Crippen LogP contribution < -0.4 is 5.32 Å². The highest BCUT2D eigenvalue weighted by molar-refractivity contribution is 5.93. The first kappa shape index (κ1) is 18.6. The van der Waals surface area contributed by atoms with Gasteiger partial charge in [0.1, 0.15) is 17.4 Å². The molecule has 1 fully saturated rings. The number of furan rings is 1. The Morgan fingerprint density at radius 1 is 1.30 bits per heavy atom. The first-order valence-corrected chi connectivity index (χ1v) is 8.14. The van der Waals surface area contributed by atoms with Crippen molar-refractivity contribution in [2.75, 3.05) is 18.5 Å². The molecule has 1 aromatic carbocycles. The van der Waals surface area contributed by atoms with Crippen LogP contribution in [0.2, 0.25) is 0 Å². The van der Waals surface area contributed by atoms with Crippen LogP contribution in [0.25, 0.3) is 0 Å². The number of likely N-dealkylation sites (tertiary alicyclic amines) is 1. The number of hydrogen-bond acceptors (Lipinski definition) is 5. The minimum atomic E-state index is -0.815. The van der Waals surface area contributed by atoms with Crippen molar-refractivity contribution in [3.8, 4) is 0 Å². The molecule has 3 rings (SSSR count). The third-order valence-corrected chi connectivity index (χ3v) is 4.02. The quantitative estimate of drug-likeness (QED) is 0.778.